The van der Waals surface area contributed by atoms with Crippen LogP contribution in [-0.2, 0) is 28.6 Å². The Labute approximate surface area is 385 Å². The maximum Gasteiger partial charge on any atom is 0.306 e. The summed E-state index contributed by atoms with van der Waals surface area (Å²) in [5.41, 5.74) is 0. The zero-order chi connectivity index (χ0) is 45.1. The molecule has 0 heterocycles. The molecule has 0 bridgehead atoms. The average molecular weight is 871 g/mol. The quantitative estimate of drug-likeness (QED) is 0.0262. The second kappa shape index (κ2) is 51.3. The van der Waals surface area contributed by atoms with Crippen LogP contribution < -0.4 is 0 Å². The molecule has 0 aliphatic carbocycles. The van der Waals surface area contributed by atoms with Gasteiger partial charge in [0.25, 0.3) is 0 Å². The number of carbonyl (C=O) groups is 3. The van der Waals surface area contributed by atoms with E-state index in [1.165, 1.54) is 173 Å². The Hall–Kier alpha value is -2.37. The first-order valence-corrected chi connectivity index (χ1v) is 27.0. The van der Waals surface area contributed by atoms with Gasteiger partial charge in [0.2, 0.25) is 0 Å². The molecule has 1 atom stereocenters. The topological polar surface area (TPSA) is 78.9 Å². The van der Waals surface area contributed by atoms with E-state index in [4.69, 9.17) is 14.2 Å². The molecule has 0 aliphatic rings. The highest BCUT2D eigenvalue weighted by Gasteiger charge is 2.19. The van der Waals surface area contributed by atoms with E-state index in [1.54, 1.807) is 0 Å². The molecule has 362 valence electrons. The molecule has 0 aromatic carbocycles. The zero-order valence-electron chi connectivity index (χ0n) is 41.4. The van der Waals surface area contributed by atoms with Crippen LogP contribution >= 0.6 is 0 Å². The van der Waals surface area contributed by atoms with E-state index < -0.39 is 6.10 Å². The van der Waals surface area contributed by atoms with Gasteiger partial charge in [-0.1, -0.05) is 243 Å². The molecule has 62 heavy (non-hydrogen) atoms. The van der Waals surface area contributed by atoms with Gasteiger partial charge in [0.05, 0.1) is 0 Å². The van der Waals surface area contributed by atoms with Crippen LogP contribution in [0.2, 0.25) is 0 Å². The lowest BCUT2D eigenvalue weighted by atomic mass is 10.0. The van der Waals surface area contributed by atoms with Crippen LogP contribution in [0.5, 0.6) is 0 Å². The molecule has 0 N–H and O–H groups in total. The van der Waals surface area contributed by atoms with Crippen LogP contribution in [0.15, 0.2) is 36.5 Å². The largest absolute Gasteiger partial charge is 0.462 e. The summed E-state index contributed by atoms with van der Waals surface area (Å²) in [7, 11) is 0. The summed E-state index contributed by atoms with van der Waals surface area (Å²) < 4.78 is 16.7. The van der Waals surface area contributed by atoms with Crippen LogP contribution in [0, 0.1) is 0 Å². The van der Waals surface area contributed by atoms with Crippen molar-refractivity contribution in [2.75, 3.05) is 13.2 Å². The van der Waals surface area contributed by atoms with Gasteiger partial charge in [-0.3, -0.25) is 14.4 Å². The van der Waals surface area contributed by atoms with Crippen LogP contribution in [-0.4, -0.2) is 37.2 Å². The van der Waals surface area contributed by atoms with Crippen molar-refractivity contribution in [3.8, 4) is 0 Å². The van der Waals surface area contributed by atoms with Crippen molar-refractivity contribution in [3.05, 3.63) is 36.5 Å². The number of allylic oxidation sites excluding steroid dienone is 6. The Morgan fingerprint density at radius 1 is 0.323 bits per heavy atom. The first kappa shape index (κ1) is 59.6. The van der Waals surface area contributed by atoms with Crippen molar-refractivity contribution in [2.45, 2.75) is 290 Å². The van der Waals surface area contributed by atoms with Gasteiger partial charge in [-0.25, -0.2) is 0 Å². The molecule has 0 aromatic rings. The highest BCUT2D eigenvalue weighted by atomic mass is 16.6. The lowest BCUT2D eigenvalue weighted by molar-refractivity contribution is -0.167. The first-order chi connectivity index (χ1) is 30.5. The number of hydrogen-bond donors (Lipinski definition) is 0. The zero-order valence-corrected chi connectivity index (χ0v) is 41.4. The van der Waals surface area contributed by atoms with E-state index in [0.717, 1.165) is 70.6 Å². The normalized spacial score (nSPS) is 12.2. The van der Waals surface area contributed by atoms with E-state index in [1.807, 2.05) is 0 Å². The first-order valence-electron chi connectivity index (χ1n) is 27.0. The van der Waals surface area contributed by atoms with Crippen molar-refractivity contribution in [3.63, 3.8) is 0 Å². The van der Waals surface area contributed by atoms with Crippen LogP contribution in [0.4, 0.5) is 0 Å². The standard InChI is InChI=1S/C56H102O6/c1-4-7-10-13-16-19-20-21-22-23-24-25-26-27-28-29-30-31-32-33-34-35-36-38-40-43-46-49-55(58)61-52-53(51-60-54(57)48-45-42-39-18-15-12-9-6-3)62-56(59)50-47-44-41-37-17-14-11-8-5-2/h20-21,23-24,26-27,53H,4-19,22,25,28-52H2,1-3H3/b21-20-,24-23-,27-26-. The van der Waals surface area contributed by atoms with Crippen molar-refractivity contribution in [1.82, 2.24) is 0 Å². The average Bonchev–Trinajstić information content (AvgIpc) is 3.27. The van der Waals surface area contributed by atoms with Gasteiger partial charge in [0, 0.05) is 19.3 Å². The molecule has 6 nitrogen and oxygen atoms in total. The fourth-order valence-electron chi connectivity index (χ4n) is 7.80. The SMILES string of the molecule is CCCCCCC/C=C\C/C=C\C/C=C\CCCCCCCCCCCCCCC(=O)OCC(COC(=O)CCCCCCCCCC)OC(=O)CCCCCCCCCCC. The number of rotatable bonds is 49. The summed E-state index contributed by atoms with van der Waals surface area (Å²) in [5, 5.41) is 0. The van der Waals surface area contributed by atoms with Crippen LogP contribution in [0.25, 0.3) is 0 Å². The van der Waals surface area contributed by atoms with E-state index in [-0.39, 0.29) is 31.1 Å². The Kier molecular flexibility index (Phi) is 49.3. The monoisotopic (exact) mass is 871 g/mol. The molecular formula is C56H102O6. The Morgan fingerprint density at radius 3 is 0.903 bits per heavy atom. The molecule has 0 aromatic heterocycles. The van der Waals surface area contributed by atoms with Crippen molar-refractivity contribution in [1.29, 1.82) is 0 Å². The van der Waals surface area contributed by atoms with E-state index in [0.29, 0.717) is 19.3 Å². The van der Waals surface area contributed by atoms with Crippen molar-refractivity contribution < 1.29 is 28.6 Å². The molecule has 0 amide bonds. The predicted octanol–water partition coefficient (Wildman–Crippen LogP) is 17.7. The van der Waals surface area contributed by atoms with Crippen LogP contribution in [0.3, 0.4) is 0 Å². The summed E-state index contributed by atoms with van der Waals surface area (Å²) in [5.74, 6) is -0.869. The van der Waals surface area contributed by atoms with Crippen LogP contribution in [0.1, 0.15) is 284 Å². The minimum Gasteiger partial charge on any atom is -0.462 e. The second-order valence-electron chi connectivity index (χ2n) is 18.2. The fourth-order valence-corrected chi connectivity index (χ4v) is 7.80. The highest BCUT2D eigenvalue weighted by Crippen LogP contribution is 2.16. The van der Waals surface area contributed by atoms with Gasteiger partial charge in [0.1, 0.15) is 13.2 Å². The highest BCUT2D eigenvalue weighted by molar-refractivity contribution is 5.71. The Balaban J connectivity index is 4.05. The molecule has 0 aliphatic heterocycles. The number of hydrogen-bond acceptors (Lipinski definition) is 6. The number of unbranched alkanes of at least 4 members (excludes halogenated alkanes) is 32. The fraction of sp³-hybridized carbons (Fsp3) is 0.839. The smallest absolute Gasteiger partial charge is 0.306 e. The number of ether oxygens (including phenoxy) is 3. The maximum absolute atomic E-state index is 12.7. The molecule has 0 radical (unpaired) electrons. The Bertz CT molecular complexity index is 1050. The lowest BCUT2D eigenvalue weighted by Gasteiger charge is -2.18. The van der Waals surface area contributed by atoms with Gasteiger partial charge in [0.15, 0.2) is 6.10 Å². The summed E-state index contributed by atoms with van der Waals surface area (Å²) >= 11 is 0. The van der Waals surface area contributed by atoms with E-state index >= 15 is 0 Å². The van der Waals surface area contributed by atoms with Gasteiger partial charge in [-0.15, -0.1) is 0 Å². The molecule has 6 heteroatoms. The second-order valence-corrected chi connectivity index (χ2v) is 18.2. The predicted molar refractivity (Wildman–Crippen MR) is 266 cm³/mol. The molecule has 0 saturated carbocycles. The van der Waals surface area contributed by atoms with Crippen molar-refractivity contribution in [2.24, 2.45) is 0 Å². The third-order valence-corrected chi connectivity index (χ3v) is 11.9. The third-order valence-electron chi connectivity index (χ3n) is 11.9. The van der Waals surface area contributed by atoms with Gasteiger partial charge in [-0.2, -0.15) is 0 Å². The molecule has 0 fully saturated rings. The molecule has 1 unspecified atom stereocenters. The summed E-state index contributed by atoms with van der Waals surface area (Å²) in [6.07, 6.45) is 60.2. The minimum absolute atomic E-state index is 0.0689. The van der Waals surface area contributed by atoms with E-state index in [2.05, 4.69) is 57.2 Å². The molecule has 0 spiro atoms. The Morgan fingerprint density at radius 2 is 0.581 bits per heavy atom. The lowest BCUT2D eigenvalue weighted by Crippen LogP contribution is -2.30. The minimum atomic E-state index is -0.764. The summed E-state index contributed by atoms with van der Waals surface area (Å²) in [6.45, 7) is 6.59. The molecule has 0 rings (SSSR count). The number of carbonyl (C=O) groups excluding carboxylic acids is 3. The molecular weight excluding hydrogens is 769 g/mol. The summed E-state index contributed by atoms with van der Waals surface area (Å²) in [4.78, 5) is 37.7. The number of esters is 3. The molecule has 0 saturated heterocycles. The summed E-state index contributed by atoms with van der Waals surface area (Å²) in [6, 6.07) is 0. The van der Waals surface area contributed by atoms with Gasteiger partial charge in [-0.05, 0) is 57.8 Å². The van der Waals surface area contributed by atoms with Gasteiger partial charge >= 0.3 is 17.9 Å². The van der Waals surface area contributed by atoms with Gasteiger partial charge < -0.3 is 14.2 Å². The van der Waals surface area contributed by atoms with E-state index in [9.17, 15) is 14.4 Å². The maximum atomic E-state index is 12.7. The third kappa shape index (κ3) is 48.7. The van der Waals surface area contributed by atoms with Crippen molar-refractivity contribution >= 4 is 17.9 Å².